The average Bonchev–Trinajstić information content (AvgIpc) is 4.16. The fourth-order valence-corrected chi connectivity index (χ4v) is 10.2. The molecule has 0 bridgehead atoms. The molecular weight excluding hydrogens is 854 g/mol. The lowest BCUT2D eigenvalue weighted by Crippen LogP contribution is -2.48. The molecule has 0 aliphatic rings. The number of allylic oxidation sites excluding steroid dienone is 1. The molecule has 0 aliphatic carbocycles. The maximum atomic E-state index is 7.00. The van der Waals surface area contributed by atoms with Crippen LogP contribution in [0.3, 0.4) is 0 Å². The van der Waals surface area contributed by atoms with Crippen molar-refractivity contribution in [2.75, 3.05) is 0 Å². The molecular formula is C49H11B19N2O2. The van der Waals surface area contributed by atoms with Gasteiger partial charge in [-0.3, -0.25) is 4.57 Å². The first-order valence-corrected chi connectivity index (χ1v) is 21.8. The van der Waals surface area contributed by atoms with Gasteiger partial charge in [-0.25, -0.2) is 0 Å². The molecule has 4 heterocycles. The Morgan fingerprint density at radius 3 is 1.25 bits per heavy atom. The molecule has 7 aromatic carbocycles. The number of fused-ring (bicyclic) bond motifs is 12. The van der Waals surface area contributed by atoms with Crippen LogP contribution in [0.2, 0.25) is 6.32 Å². The van der Waals surface area contributed by atoms with Crippen molar-refractivity contribution >= 4 is 319 Å². The zero-order valence-electron chi connectivity index (χ0n) is 38.1. The van der Waals surface area contributed by atoms with Crippen molar-refractivity contribution in [2.45, 2.75) is 6.32 Å². The molecule has 0 saturated heterocycles. The van der Waals surface area contributed by atoms with E-state index in [9.17, 15) is 0 Å². The van der Waals surface area contributed by atoms with Crippen molar-refractivity contribution in [3.05, 3.63) is 65.3 Å². The molecule has 72 heavy (non-hydrogen) atoms. The smallest absolute Gasteiger partial charge is 0.159 e. The summed E-state index contributed by atoms with van der Waals surface area (Å²) in [4.78, 5) is 0. The standard InChI is InChI=1S/C49H11B19N2O2/c1-2-17-18(26(52)16(51)11-50)19-27(53)30(56)24-22-32(58)35(61)38(64)41(67)46(22)71-48(24)44(19)69(17)14-7-3-5-12(9-14)13-6-4-8-15(10-13)70-43-20(29(55)34(60)37(63)40(43)66)21-28(54)31(57)25-23-33(59)36(62)39(65)42(68)47(23)72-49(25)45(21)70/h1,3-10H,11H2/b26-16-. The van der Waals surface area contributed by atoms with Gasteiger partial charge in [-0.2, -0.15) is 0 Å². The Bertz CT molecular complexity index is 4440. The van der Waals surface area contributed by atoms with Crippen LogP contribution in [0.5, 0.6) is 0 Å². The molecule has 38 radical (unpaired) electrons. The summed E-state index contributed by atoms with van der Waals surface area (Å²) in [5.74, 6) is 2.81. The van der Waals surface area contributed by atoms with Crippen LogP contribution in [0.25, 0.3) is 105 Å². The molecule has 0 N–H and O–H groups in total. The predicted molar refractivity (Wildman–Crippen MR) is 321 cm³/mol. The van der Waals surface area contributed by atoms with Gasteiger partial charge in [-0.15, -0.1) is 44.7 Å². The van der Waals surface area contributed by atoms with Gasteiger partial charge in [0.2, 0.25) is 0 Å². The summed E-state index contributed by atoms with van der Waals surface area (Å²) in [5.41, 5.74) is 5.93. The van der Waals surface area contributed by atoms with E-state index < -0.39 is 0 Å². The van der Waals surface area contributed by atoms with Crippen LogP contribution < -0.4 is 87.4 Å². The number of terminal acetylenes is 1. The van der Waals surface area contributed by atoms with E-state index in [0.29, 0.717) is 76.8 Å². The SMILES string of the molecule is [B]C/C([B])=C(/[B])c1c(C#C)n(-c2cccc(-c3cccc(-n4c5c([B])c([B])c([B])c([B])c5c5c([B])c([B])c6c(oc7c([B])c([B])c([B])c([B])c76)c54)c3)c2)c2c1c([B])c([B])c1c2oc2c([B])c([B])c([B])c([B])c21. The first kappa shape index (κ1) is 48.3. The van der Waals surface area contributed by atoms with Gasteiger partial charge in [0.15, 0.2) is 11.2 Å². The highest BCUT2D eigenvalue weighted by atomic mass is 16.3. The second-order valence-corrected chi connectivity index (χ2v) is 17.6. The number of hydrogen-bond donors (Lipinski definition) is 0. The number of nitrogens with zero attached hydrogens (tertiary/aromatic N) is 2. The van der Waals surface area contributed by atoms with E-state index in [2.05, 4.69) is 5.92 Å². The van der Waals surface area contributed by atoms with E-state index in [0.717, 1.165) is 0 Å². The van der Waals surface area contributed by atoms with Crippen LogP contribution >= 0.6 is 0 Å². The highest BCUT2D eigenvalue weighted by molar-refractivity contribution is 6.72. The Hall–Kier alpha value is -5.99. The van der Waals surface area contributed by atoms with E-state index in [1.807, 2.05) is 48.5 Å². The minimum absolute atomic E-state index is 0.0269. The second kappa shape index (κ2) is 16.8. The van der Waals surface area contributed by atoms with Crippen LogP contribution in [0.1, 0.15) is 11.3 Å². The molecule has 0 amide bonds. The molecule has 0 unspecified atom stereocenters. The van der Waals surface area contributed by atoms with Gasteiger partial charge in [-0.05, 0) is 40.8 Å². The zero-order chi connectivity index (χ0) is 51.6. The molecule has 0 fully saturated rings. The second-order valence-electron chi connectivity index (χ2n) is 17.6. The fraction of sp³-hybridized carbons (Fsp3) is 0.0204. The summed E-state index contributed by atoms with van der Waals surface area (Å²) in [5, 5.41) is 2.28. The molecule has 0 spiro atoms. The van der Waals surface area contributed by atoms with Crippen molar-refractivity contribution in [3.8, 4) is 34.8 Å². The van der Waals surface area contributed by atoms with Gasteiger partial charge in [-0.1, -0.05) is 96.6 Å². The Morgan fingerprint density at radius 2 is 0.778 bits per heavy atom. The van der Waals surface area contributed by atoms with Crippen LogP contribution in [0.4, 0.5) is 0 Å². The summed E-state index contributed by atoms with van der Waals surface area (Å²) >= 11 is 0. The minimum Gasteiger partial charge on any atom is -0.455 e. The monoisotopic (exact) mass is 868 g/mol. The van der Waals surface area contributed by atoms with E-state index >= 15 is 0 Å². The lowest BCUT2D eigenvalue weighted by Gasteiger charge is -2.17. The van der Waals surface area contributed by atoms with Crippen LogP contribution in [0, 0.1) is 12.3 Å². The largest absolute Gasteiger partial charge is 0.455 e. The van der Waals surface area contributed by atoms with Crippen molar-refractivity contribution < 1.29 is 8.83 Å². The maximum Gasteiger partial charge on any atom is 0.159 e. The lowest BCUT2D eigenvalue weighted by molar-refractivity contribution is 0.673. The van der Waals surface area contributed by atoms with Crippen molar-refractivity contribution in [2.24, 2.45) is 0 Å². The summed E-state index contributed by atoms with van der Waals surface area (Å²) in [7, 11) is 125. The molecule has 11 aromatic rings. The molecule has 4 aromatic heterocycles. The van der Waals surface area contributed by atoms with Crippen molar-refractivity contribution in [1.82, 2.24) is 9.13 Å². The Labute approximate surface area is 440 Å². The highest BCUT2D eigenvalue weighted by Crippen LogP contribution is 2.41. The van der Waals surface area contributed by atoms with E-state index in [1.54, 1.807) is 9.13 Å². The quantitative estimate of drug-likeness (QED) is 0.128. The maximum absolute atomic E-state index is 7.00. The number of furan rings is 2. The average molecular weight is 865 g/mol. The first-order valence-electron chi connectivity index (χ1n) is 21.8. The third-order valence-corrected chi connectivity index (χ3v) is 13.9. The summed E-state index contributed by atoms with van der Waals surface area (Å²) in [6.45, 7) is 0. The van der Waals surface area contributed by atoms with Crippen LogP contribution in [-0.4, -0.2) is 158 Å². The Morgan fingerprint density at radius 1 is 0.417 bits per heavy atom. The molecule has 0 aliphatic heterocycles. The molecule has 0 saturated carbocycles. The van der Waals surface area contributed by atoms with Gasteiger partial charge in [0.25, 0.3) is 0 Å². The van der Waals surface area contributed by atoms with Crippen LogP contribution in [-0.2, 0) is 0 Å². The fourth-order valence-electron chi connectivity index (χ4n) is 10.2. The van der Waals surface area contributed by atoms with E-state index in [-0.39, 0.29) is 138 Å². The van der Waals surface area contributed by atoms with E-state index in [1.165, 1.54) is 0 Å². The van der Waals surface area contributed by atoms with Gasteiger partial charge >= 0.3 is 0 Å². The lowest BCUT2D eigenvalue weighted by atomic mass is 9.64. The number of hydrogen-bond acceptors (Lipinski definition) is 2. The third kappa shape index (κ3) is 6.23. The Balaban J connectivity index is 1.23. The van der Waals surface area contributed by atoms with E-state index in [4.69, 9.17) is 164 Å². The molecule has 11 rings (SSSR count). The summed E-state index contributed by atoms with van der Waals surface area (Å²) < 4.78 is 16.8. The van der Waals surface area contributed by atoms with Gasteiger partial charge < -0.3 is 13.4 Å². The zero-order valence-corrected chi connectivity index (χ0v) is 38.1. The van der Waals surface area contributed by atoms with Crippen molar-refractivity contribution in [3.63, 3.8) is 0 Å². The number of benzene rings is 7. The molecule has 0 atom stereocenters. The molecule has 4 nitrogen and oxygen atoms in total. The number of aromatic nitrogens is 2. The Kier molecular flexibility index (Phi) is 11.3. The normalized spacial score (nSPS) is 12.4. The predicted octanol–water partition coefficient (Wildman–Crippen LogP) is -7.53. The molecule has 23 heteroatoms. The van der Waals surface area contributed by atoms with Gasteiger partial charge in [0.05, 0.1) is 18.9 Å². The van der Waals surface area contributed by atoms with Gasteiger partial charge in [0, 0.05) is 54.8 Å². The topological polar surface area (TPSA) is 36.1 Å². The third-order valence-electron chi connectivity index (χ3n) is 13.9. The number of rotatable bonds is 5. The summed E-state index contributed by atoms with van der Waals surface area (Å²) in [6.07, 6.45) is 6.30. The van der Waals surface area contributed by atoms with Crippen LogP contribution in [0.15, 0.2) is 62.8 Å². The van der Waals surface area contributed by atoms with Crippen molar-refractivity contribution in [1.29, 1.82) is 0 Å². The minimum atomic E-state index is -0.111. The summed E-state index contributed by atoms with van der Waals surface area (Å²) in [6, 6.07) is 14.9. The molecule has 286 valence electrons. The first-order chi connectivity index (χ1) is 34.2. The highest BCUT2D eigenvalue weighted by Gasteiger charge is 2.30. The van der Waals surface area contributed by atoms with Gasteiger partial charge in [0.1, 0.15) is 158 Å².